The number of aryl methyl sites for hydroxylation is 1. The molecule has 138 valence electrons. The van der Waals surface area contributed by atoms with E-state index in [9.17, 15) is 24.6 Å². The number of rotatable bonds is 4. The number of aromatic amines is 1. The molecule has 1 aromatic carbocycles. The van der Waals surface area contributed by atoms with Crippen molar-refractivity contribution in [1.29, 1.82) is 0 Å². The fraction of sp³-hybridized carbons (Fsp3) is 0.353. The molecule has 1 fully saturated rings. The minimum Gasteiger partial charge on any atom is -0.394 e. The van der Waals surface area contributed by atoms with Crippen LogP contribution in [0.3, 0.4) is 0 Å². The second-order valence-corrected chi connectivity index (χ2v) is 6.61. The summed E-state index contributed by atoms with van der Waals surface area (Å²) in [5, 5.41) is 20.0. The number of aromatic nitrogens is 2. The molecule has 26 heavy (non-hydrogen) atoms. The van der Waals surface area contributed by atoms with Gasteiger partial charge in [-0.3, -0.25) is 19.1 Å². The number of benzene rings is 1. The number of aliphatic hydroxyl groups excluding tert-OH is 2. The van der Waals surface area contributed by atoms with E-state index in [-0.39, 0.29) is 17.5 Å². The molecule has 8 nitrogen and oxygen atoms in total. The Kier molecular flexibility index (Phi) is 4.85. The number of aliphatic hydroxyl groups is 2. The highest BCUT2D eigenvalue weighted by Crippen LogP contribution is 2.37. The van der Waals surface area contributed by atoms with Gasteiger partial charge in [0.1, 0.15) is 6.10 Å². The molecular formula is C17H17ClN2O6. The predicted molar refractivity (Wildman–Crippen MR) is 92.4 cm³/mol. The van der Waals surface area contributed by atoms with E-state index in [1.54, 1.807) is 0 Å². The van der Waals surface area contributed by atoms with Crippen molar-refractivity contribution in [3.05, 3.63) is 67.4 Å². The van der Waals surface area contributed by atoms with Crippen LogP contribution in [0.4, 0.5) is 0 Å². The Bertz CT molecular complexity index is 951. The summed E-state index contributed by atoms with van der Waals surface area (Å²) in [7, 11) is 0. The van der Waals surface area contributed by atoms with Crippen LogP contribution in [0, 0.1) is 6.92 Å². The summed E-state index contributed by atoms with van der Waals surface area (Å²) in [5.74, 6) is -0.599. The maximum atomic E-state index is 13.2. The molecule has 0 spiro atoms. The summed E-state index contributed by atoms with van der Waals surface area (Å²) >= 11 is 5.85. The Morgan fingerprint density at radius 2 is 2.04 bits per heavy atom. The molecule has 2 heterocycles. The van der Waals surface area contributed by atoms with Crippen LogP contribution in [0.25, 0.3) is 0 Å². The van der Waals surface area contributed by atoms with Crippen LogP contribution in [-0.4, -0.2) is 44.4 Å². The fourth-order valence-corrected chi connectivity index (χ4v) is 3.15. The maximum absolute atomic E-state index is 13.2. The summed E-state index contributed by atoms with van der Waals surface area (Å²) in [6, 6.07) is 5.96. The Hall–Kier alpha value is -2.26. The van der Waals surface area contributed by atoms with Gasteiger partial charge in [0.25, 0.3) is 5.56 Å². The molecule has 0 unspecified atom stereocenters. The molecule has 0 radical (unpaired) electrons. The van der Waals surface area contributed by atoms with E-state index in [2.05, 4.69) is 4.98 Å². The first-order valence-electron chi connectivity index (χ1n) is 7.88. The predicted octanol–water partition coefficient (Wildman–Crippen LogP) is 0.176. The van der Waals surface area contributed by atoms with E-state index in [1.807, 2.05) is 0 Å². The lowest BCUT2D eigenvalue weighted by atomic mass is 9.96. The maximum Gasteiger partial charge on any atom is 0.331 e. The van der Waals surface area contributed by atoms with Gasteiger partial charge in [-0.25, -0.2) is 4.79 Å². The number of hydrogen-bond acceptors (Lipinski definition) is 6. The molecule has 9 heteroatoms. The molecule has 0 saturated carbocycles. The Morgan fingerprint density at radius 3 is 2.62 bits per heavy atom. The van der Waals surface area contributed by atoms with Crippen molar-refractivity contribution in [2.24, 2.45) is 0 Å². The minimum atomic E-state index is -1.90. The average Bonchev–Trinajstić information content (AvgIpc) is 2.95. The van der Waals surface area contributed by atoms with Gasteiger partial charge in [-0.2, -0.15) is 0 Å². The smallest absolute Gasteiger partial charge is 0.331 e. The molecule has 0 amide bonds. The summed E-state index contributed by atoms with van der Waals surface area (Å²) in [4.78, 5) is 39.4. The van der Waals surface area contributed by atoms with Crippen molar-refractivity contribution in [3.8, 4) is 0 Å². The molecule has 2 aromatic rings. The number of halogens is 1. The first-order chi connectivity index (χ1) is 12.3. The van der Waals surface area contributed by atoms with Crippen LogP contribution in [0.2, 0.25) is 5.02 Å². The van der Waals surface area contributed by atoms with Crippen LogP contribution in [0.5, 0.6) is 0 Å². The average molecular weight is 381 g/mol. The summed E-state index contributed by atoms with van der Waals surface area (Å²) in [6.07, 6.45) is -1.27. The highest BCUT2D eigenvalue weighted by atomic mass is 35.5. The highest BCUT2D eigenvalue weighted by Gasteiger charge is 2.53. The number of ether oxygens (including phenoxy) is 1. The van der Waals surface area contributed by atoms with Gasteiger partial charge in [-0.05, 0) is 31.2 Å². The third-order valence-corrected chi connectivity index (χ3v) is 4.66. The van der Waals surface area contributed by atoms with Crippen LogP contribution in [-0.2, 0) is 10.5 Å². The zero-order chi connectivity index (χ0) is 19.1. The van der Waals surface area contributed by atoms with Gasteiger partial charge >= 0.3 is 5.69 Å². The quantitative estimate of drug-likeness (QED) is 0.650. The first-order valence-corrected chi connectivity index (χ1v) is 8.26. The summed E-state index contributed by atoms with van der Waals surface area (Å²) in [6.45, 7) is 0.943. The minimum absolute atomic E-state index is 0.193. The van der Waals surface area contributed by atoms with Crippen molar-refractivity contribution < 1.29 is 19.7 Å². The van der Waals surface area contributed by atoms with Gasteiger partial charge in [0.05, 0.1) is 12.7 Å². The van der Waals surface area contributed by atoms with Crippen LogP contribution in [0.15, 0.2) is 40.1 Å². The third kappa shape index (κ3) is 3.01. The lowest BCUT2D eigenvalue weighted by Gasteiger charge is -2.29. The van der Waals surface area contributed by atoms with Gasteiger partial charge in [-0.1, -0.05) is 11.6 Å². The Morgan fingerprint density at radius 1 is 1.38 bits per heavy atom. The fourth-order valence-electron chi connectivity index (χ4n) is 3.02. The number of carbonyl (C=O) groups is 1. The molecule has 1 aliphatic rings. The van der Waals surface area contributed by atoms with E-state index in [4.69, 9.17) is 16.3 Å². The Balaban J connectivity index is 2.20. The molecule has 0 bridgehead atoms. The van der Waals surface area contributed by atoms with Crippen LogP contribution >= 0.6 is 11.6 Å². The Labute approximate surface area is 152 Å². The first kappa shape index (κ1) is 18.5. The number of Topliss-reactive ketones (excluding diaryl/α,β-unsaturated/α-hetero) is 1. The molecule has 1 aliphatic heterocycles. The van der Waals surface area contributed by atoms with Crippen molar-refractivity contribution in [3.63, 3.8) is 0 Å². The lowest BCUT2D eigenvalue weighted by Crippen LogP contribution is -2.50. The van der Waals surface area contributed by atoms with Crippen molar-refractivity contribution >= 4 is 17.4 Å². The van der Waals surface area contributed by atoms with E-state index < -0.39 is 41.6 Å². The molecule has 1 aromatic heterocycles. The van der Waals surface area contributed by atoms with Gasteiger partial charge in [-0.15, -0.1) is 0 Å². The molecule has 3 atom stereocenters. The van der Waals surface area contributed by atoms with Crippen molar-refractivity contribution in [2.75, 3.05) is 6.61 Å². The monoisotopic (exact) mass is 380 g/mol. The topological polar surface area (TPSA) is 122 Å². The molecule has 1 saturated heterocycles. The zero-order valence-electron chi connectivity index (χ0n) is 13.8. The zero-order valence-corrected chi connectivity index (χ0v) is 14.6. The molecule has 3 rings (SSSR count). The van der Waals surface area contributed by atoms with E-state index in [0.717, 1.165) is 4.57 Å². The van der Waals surface area contributed by atoms with E-state index >= 15 is 0 Å². The highest BCUT2D eigenvalue weighted by molar-refractivity contribution is 6.30. The van der Waals surface area contributed by atoms with Gasteiger partial charge in [0.2, 0.25) is 11.5 Å². The second kappa shape index (κ2) is 6.81. The van der Waals surface area contributed by atoms with Gasteiger partial charge in [0.15, 0.2) is 0 Å². The van der Waals surface area contributed by atoms with Crippen LogP contribution in [0.1, 0.15) is 22.3 Å². The van der Waals surface area contributed by atoms with Crippen LogP contribution < -0.4 is 11.2 Å². The van der Waals surface area contributed by atoms with E-state index in [1.165, 1.54) is 37.4 Å². The SMILES string of the molecule is Cc1cn([C@@]2(C(=O)c3ccc(Cl)cc3)C[C@H](O)[C@@H](CO)O2)c(=O)[nH]c1=O. The van der Waals surface area contributed by atoms with Crippen molar-refractivity contribution in [1.82, 2.24) is 9.55 Å². The van der Waals surface area contributed by atoms with E-state index in [0.29, 0.717) is 5.02 Å². The largest absolute Gasteiger partial charge is 0.394 e. The normalized spacial score (nSPS) is 25.4. The molecule has 0 aliphatic carbocycles. The van der Waals surface area contributed by atoms with Gasteiger partial charge in [0, 0.05) is 28.8 Å². The number of ketones is 1. The standard InChI is InChI=1S/C17H17ClN2O6/c1-9-7-20(16(25)19-15(9)24)17(6-12(22)13(8-21)26-17)14(23)10-2-4-11(18)5-3-10/h2-5,7,12-13,21-22H,6,8H2,1H3,(H,19,24,25)/t12-,13+,17-/m0/s1. The third-order valence-electron chi connectivity index (χ3n) is 4.41. The lowest BCUT2D eigenvalue weighted by molar-refractivity contribution is -0.0937. The number of nitrogens with one attached hydrogen (secondary N) is 1. The van der Waals surface area contributed by atoms with Crippen molar-refractivity contribution in [2.45, 2.75) is 31.3 Å². The number of hydrogen-bond donors (Lipinski definition) is 3. The number of H-pyrrole nitrogens is 1. The summed E-state index contributed by atoms with van der Waals surface area (Å²) in [5.41, 5.74) is -2.94. The number of carbonyl (C=O) groups excluding carboxylic acids is 1. The summed E-state index contributed by atoms with van der Waals surface area (Å²) < 4.78 is 6.63. The molecule has 3 N–H and O–H groups in total. The second-order valence-electron chi connectivity index (χ2n) is 6.17. The molecular weight excluding hydrogens is 364 g/mol. The van der Waals surface area contributed by atoms with Gasteiger partial charge < -0.3 is 14.9 Å². The number of nitrogens with zero attached hydrogens (tertiary/aromatic N) is 1.